The molecule has 0 bridgehead atoms. The lowest BCUT2D eigenvalue weighted by molar-refractivity contribution is 0.684. The lowest BCUT2D eigenvalue weighted by Crippen LogP contribution is -2.16. The molecule has 2 aromatic rings. The first kappa shape index (κ1) is 16.8. The van der Waals surface area contributed by atoms with Gasteiger partial charge >= 0.3 is 0 Å². The maximum Gasteiger partial charge on any atom is 0.0225 e. The fourth-order valence-electron chi connectivity index (χ4n) is 2.66. The molecule has 2 rings (SSSR count). The quantitative estimate of drug-likeness (QED) is 0.649. The third-order valence-electron chi connectivity index (χ3n) is 4.19. The van der Waals surface area contributed by atoms with E-state index in [4.69, 9.17) is 0 Å². The van der Waals surface area contributed by atoms with Crippen molar-refractivity contribution in [2.24, 2.45) is 5.92 Å². The van der Waals surface area contributed by atoms with Crippen LogP contribution in [-0.4, -0.2) is 7.05 Å². The van der Waals surface area contributed by atoms with E-state index in [1.165, 1.54) is 16.7 Å². The first-order valence-corrected chi connectivity index (χ1v) is 7.88. The Balaban J connectivity index is 2.14. The van der Waals surface area contributed by atoms with Crippen LogP contribution in [0.25, 0.3) is 16.7 Å². The summed E-state index contributed by atoms with van der Waals surface area (Å²) in [5, 5.41) is 3.14. The number of hydrogen-bond donors (Lipinski definition) is 1. The Labute approximate surface area is 140 Å². The van der Waals surface area contributed by atoms with Crippen LogP contribution in [-0.2, 0) is 0 Å². The number of allylic oxidation sites excluding steroid dienone is 2. The Hall–Kier alpha value is -2.54. The van der Waals surface area contributed by atoms with Gasteiger partial charge < -0.3 is 5.32 Å². The third kappa shape index (κ3) is 4.23. The van der Waals surface area contributed by atoms with Gasteiger partial charge in [0.2, 0.25) is 0 Å². The molecule has 0 radical (unpaired) electrons. The highest BCUT2D eigenvalue weighted by molar-refractivity contribution is 5.69. The molecule has 1 atom stereocenters. The summed E-state index contributed by atoms with van der Waals surface area (Å²) in [4.78, 5) is 0. The Kier molecular flexibility index (Phi) is 5.59. The van der Waals surface area contributed by atoms with Crippen LogP contribution >= 0.6 is 0 Å². The predicted octanol–water partition coefficient (Wildman–Crippen LogP) is 5.68. The average Bonchev–Trinajstić information content (AvgIpc) is 2.59. The van der Waals surface area contributed by atoms with Gasteiger partial charge in [-0.3, -0.25) is 0 Å². The van der Waals surface area contributed by atoms with Crippen molar-refractivity contribution in [2.45, 2.75) is 13.3 Å². The van der Waals surface area contributed by atoms with Gasteiger partial charge in [-0.2, -0.15) is 0 Å². The molecule has 0 spiro atoms. The van der Waals surface area contributed by atoms with Gasteiger partial charge in [0.25, 0.3) is 0 Å². The smallest absolute Gasteiger partial charge is 0.0225 e. The van der Waals surface area contributed by atoms with Gasteiger partial charge in [-0.25, -0.2) is 0 Å². The average molecular weight is 303 g/mol. The normalized spacial score (nSPS) is 11.6. The van der Waals surface area contributed by atoms with Crippen molar-refractivity contribution in [1.29, 1.82) is 0 Å². The summed E-state index contributed by atoms with van der Waals surface area (Å²) in [6.07, 6.45) is 0.833. The molecule has 1 heteroatoms. The highest BCUT2D eigenvalue weighted by Crippen LogP contribution is 2.29. The second-order valence-corrected chi connectivity index (χ2v) is 5.93. The van der Waals surface area contributed by atoms with Gasteiger partial charge in [0, 0.05) is 18.7 Å². The minimum absolute atomic E-state index is 0.210. The van der Waals surface area contributed by atoms with E-state index < -0.39 is 0 Å². The summed E-state index contributed by atoms with van der Waals surface area (Å²) < 4.78 is 0. The predicted molar refractivity (Wildman–Crippen MR) is 102 cm³/mol. The summed E-state index contributed by atoms with van der Waals surface area (Å²) >= 11 is 0. The maximum absolute atomic E-state index is 4.26. The molecule has 1 unspecified atom stereocenters. The van der Waals surface area contributed by atoms with E-state index in [1.807, 2.05) is 20.0 Å². The summed E-state index contributed by atoms with van der Waals surface area (Å²) in [5.74, 6) is 0.210. The summed E-state index contributed by atoms with van der Waals surface area (Å²) in [6, 6.07) is 19.0. The zero-order valence-corrected chi connectivity index (χ0v) is 14.1. The van der Waals surface area contributed by atoms with E-state index in [-0.39, 0.29) is 5.92 Å². The van der Waals surface area contributed by atoms with Crippen molar-refractivity contribution in [2.75, 3.05) is 7.05 Å². The first-order chi connectivity index (χ1) is 11.0. The minimum Gasteiger partial charge on any atom is -0.391 e. The van der Waals surface area contributed by atoms with E-state index in [1.54, 1.807) is 0 Å². The van der Waals surface area contributed by atoms with Gasteiger partial charge in [0.15, 0.2) is 0 Å². The monoisotopic (exact) mass is 303 g/mol. The van der Waals surface area contributed by atoms with Crippen LogP contribution in [0.4, 0.5) is 0 Å². The van der Waals surface area contributed by atoms with Gasteiger partial charge in [-0.1, -0.05) is 79.9 Å². The molecule has 0 fully saturated rings. The molecular formula is C22H25N. The third-order valence-corrected chi connectivity index (χ3v) is 4.19. The highest BCUT2D eigenvalue weighted by Gasteiger charge is 2.15. The molecule has 1 N–H and O–H groups in total. The molecule has 2 aromatic carbocycles. The van der Waals surface area contributed by atoms with E-state index >= 15 is 0 Å². The SMILES string of the molecule is C=C(CC(C(=C)C)C(=C)NC)c1ccc(-c2ccccc2)cc1. The summed E-state index contributed by atoms with van der Waals surface area (Å²) in [7, 11) is 1.90. The zero-order valence-electron chi connectivity index (χ0n) is 14.1. The fourth-order valence-corrected chi connectivity index (χ4v) is 2.66. The topological polar surface area (TPSA) is 12.0 Å². The van der Waals surface area contributed by atoms with Gasteiger partial charge in [0.1, 0.15) is 0 Å². The Morgan fingerprint density at radius 2 is 1.48 bits per heavy atom. The molecular weight excluding hydrogens is 278 g/mol. The van der Waals surface area contributed by atoms with Crippen molar-refractivity contribution in [1.82, 2.24) is 5.32 Å². The molecule has 0 amide bonds. The van der Waals surface area contributed by atoms with Gasteiger partial charge in [0.05, 0.1) is 0 Å². The molecule has 0 aromatic heterocycles. The van der Waals surface area contributed by atoms with Crippen LogP contribution in [0, 0.1) is 5.92 Å². The molecule has 23 heavy (non-hydrogen) atoms. The van der Waals surface area contributed by atoms with Crippen LogP contribution in [0.3, 0.4) is 0 Å². The zero-order chi connectivity index (χ0) is 16.8. The van der Waals surface area contributed by atoms with Crippen LogP contribution in [0.15, 0.2) is 85.6 Å². The van der Waals surface area contributed by atoms with Crippen LogP contribution in [0.1, 0.15) is 18.9 Å². The molecule has 0 aliphatic carbocycles. The minimum atomic E-state index is 0.210. The summed E-state index contributed by atoms with van der Waals surface area (Å²) in [5.41, 5.74) is 6.81. The molecule has 118 valence electrons. The first-order valence-electron chi connectivity index (χ1n) is 7.88. The van der Waals surface area contributed by atoms with E-state index in [9.17, 15) is 0 Å². The van der Waals surface area contributed by atoms with Crippen molar-refractivity contribution in [3.8, 4) is 11.1 Å². The molecule has 0 saturated carbocycles. The van der Waals surface area contributed by atoms with E-state index in [0.717, 1.165) is 23.3 Å². The number of nitrogens with one attached hydrogen (secondary N) is 1. The molecule has 0 aliphatic rings. The summed E-state index contributed by atoms with van der Waals surface area (Å²) in [6.45, 7) is 14.5. The number of hydrogen-bond acceptors (Lipinski definition) is 1. The lowest BCUT2D eigenvalue weighted by atomic mass is 9.88. The fraction of sp³-hybridized carbons (Fsp3) is 0.182. The van der Waals surface area contributed by atoms with Crippen molar-refractivity contribution in [3.05, 3.63) is 91.2 Å². The Bertz CT molecular complexity index is 693. The second-order valence-electron chi connectivity index (χ2n) is 5.93. The molecule has 1 nitrogen and oxygen atoms in total. The van der Waals surface area contributed by atoms with Gasteiger partial charge in [-0.15, -0.1) is 0 Å². The van der Waals surface area contributed by atoms with Gasteiger partial charge in [-0.05, 0) is 35.6 Å². The maximum atomic E-state index is 4.26. The molecule has 0 aliphatic heterocycles. The lowest BCUT2D eigenvalue weighted by Gasteiger charge is -2.21. The standard InChI is InChI=1S/C22H25N/c1-16(2)22(18(4)23-5)15-17(3)19-11-13-21(14-12-19)20-9-7-6-8-10-20/h6-14,22-23H,1,3-4,15H2,2,5H3. The van der Waals surface area contributed by atoms with E-state index in [0.29, 0.717) is 0 Å². The number of rotatable bonds is 7. The van der Waals surface area contributed by atoms with Crippen molar-refractivity contribution in [3.63, 3.8) is 0 Å². The Morgan fingerprint density at radius 3 is 2.00 bits per heavy atom. The van der Waals surface area contributed by atoms with Crippen LogP contribution < -0.4 is 5.32 Å². The van der Waals surface area contributed by atoms with E-state index in [2.05, 4.69) is 73.6 Å². The van der Waals surface area contributed by atoms with Crippen molar-refractivity contribution < 1.29 is 0 Å². The second kappa shape index (κ2) is 7.64. The van der Waals surface area contributed by atoms with Crippen LogP contribution in [0.5, 0.6) is 0 Å². The van der Waals surface area contributed by atoms with Crippen molar-refractivity contribution >= 4 is 5.57 Å². The molecule has 0 heterocycles. The molecule has 0 saturated heterocycles. The van der Waals surface area contributed by atoms with Crippen LogP contribution in [0.2, 0.25) is 0 Å². The Morgan fingerprint density at radius 1 is 0.913 bits per heavy atom. The number of benzene rings is 2. The largest absolute Gasteiger partial charge is 0.391 e. The highest BCUT2D eigenvalue weighted by atomic mass is 14.8.